The van der Waals surface area contributed by atoms with Crippen LogP contribution in [0.25, 0.3) is 11.0 Å². The first kappa shape index (κ1) is 25.6. The van der Waals surface area contributed by atoms with E-state index in [2.05, 4.69) is 5.32 Å². The number of nitrogens with one attached hydrogen (secondary N) is 1. The quantitative estimate of drug-likeness (QED) is 0.196. The highest BCUT2D eigenvalue weighted by atomic mass is 16.7. The molecule has 1 aromatic heterocycles. The first-order chi connectivity index (χ1) is 16.0. The fraction of sp³-hybridized carbons (Fsp3) is 0.476. The lowest BCUT2D eigenvalue weighted by Gasteiger charge is -2.46. The molecule has 0 aliphatic carbocycles. The monoisotopic (exact) mass is 483 g/mol. The Morgan fingerprint density at radius 3 is 2.59 bits per heavy atom. The van der Waals surface area contributed by atoms with Gasteiger partial charge in [-0.1, -0.05) is 0 Å². The molecule has 0 spiro atoms. The standard InChI is InChI=1S/C21H25NO12/c1-9-4-16(28)32-14-5-10(2-3-11(9)14)33-21(20(30)31)6-12(25)17(22-15(27)8-24)19(34-21)18(29)13(26)7-23/h2-5,12-13,17-19,23-26,29H,6-8H2,1H3,(H,22,27)(H,30,31)/t12-,13+,17+,18+,19+,21?/m0/s1. The Labute approximate surface area is 191 Å². The highest BCUT2D eigenvalue weighted by Crippen LogP contribution is 2.35. The van der Waals surface area contributed by atoms with Gasteiger partial charge in [-0.15, -0.1) is 0 Å². The van der Waals surface area contributed by atoms with Crippen LogP contribution < -0.4 is 15.7 Å². The summed E-state index contributed by atoms with van der Waals surface area (Å²) in [5.41, 5.74) is 0.0709. The maximum Gasteiger partial charge on any atom is 0.377 e. The second kappa shape index (κ2) is 10.0. The zero-order valence-corrected chi connectivity index (χ0v) is 18.0. The molecule has 1 saturated heterocycles. The van der Waals surface area contributed by atoms with E-state index >= 15 is 0 Å². The fourth-order valence-corrected chi connectivity index (χ4v) is 3.79. The molecule has 1 aromatic carbocycles. The van der Waals surface area contributed by atoms with Gasteiger partial charge in [0, 0.05) is 17.5 Å². The third-order valence-electron chi connectivity index (χ3n) is 5.49. The molecule has 1 aliphatic rings. The van der Waals surface area contributed by atoms with Crippen molar-refractivity contribution in [3.05, 3.63) is 40.2 Å². The SMILES string of the molecule is Cc1cc(=O)oc2cc(OC3(C(=O)O)C[C@H](O)[C@@H](NC(=O)CO)[C@H]([C@H](O)[C@H](O)CO)O3)ccc12. The summed E-state index contributed by atoms with van der Waals surface area (Å²) in [5.74, 6) is -5.41. The maximum absolute atomic E-state index is 12.2. The van der Waals surface area contributed by atoms with Gasteiger partial charge in [-0.25, -0.2) is 9.59 Å². The first-order valence-electron chi connectivity index (χ1n) is 10.2. The van der Waals surface area contributed by atoms with E-state index in [-0.39, 0.29) is 11.3 Å². The molecule has 2 aromatic rings. The smallest absolute Gasteiger partial charge is 0.377 e. The summed E-state index contributed by atoms with van der Waals surface area (Å²) in [5, 5.41) is 61.9. The van der Waals surface area contributed by atoms with Crippen LogP contribution in [0.15, 0.2) is 33.5 Å². The van der Waals surface area contributed by atoms with Gasteiger partial charge in [-0.3, -0.25) is 4.79 Å². The zero-order chi connectivity index (χ0) is 25.2. The Morgan fingerprint density at radius 1 is 1.26 bits per heavy atom. The molecule has 1 aliphatic heterocycles. The fourth-order valence-electron chi connectivity index (χ4n) is 3.79. The molecule has 13 heteroatoms. The van der Waals surface area contributed by atoms with Gasteiger partial charge in [-0.2, -0.15) is 0 Å². The summed E-state index contributed by atoms with van der Waals surface area (Å²) >= 11 is 0. The lowest BCUT2D eigenvalue weighted by Crippen LogP contribution is -2.69. The third-order valence-corrected chi connectivity index (χ3v) is 5.49. The molecular weight excluding hydrogens is 458 g/mol. The van der Waals surface area contributed by atoms with Gasteiger partial charge in [0.15, 0.2) is 0 Å². The van der Waals surface area contributed by atoms with Crippen molar-refractivity contribution in [2.75, 3.05) is 13.2 Å². The minimum absolute atomic E-state index is 0.0970. The number of carbonyl (C=O) groups is 2. The Balaban J connectivity index is 2.01. The van der Waals surface area contributed by atoms with Gasteiger partial charge in [0.25, 0.3) is 0 Å². The highest BCUT2D eigenvalue weighted by molar-refractivity contribution is 5.82. The number of aliphatic carboxylic acids is 1. The number of benzene rings is 1. The minimum atomic E-state index is -2.61. The van der Waals surface area contributed by atoms with Crippen LogP contribution in [-0.4, -0.2) is 92.0 Å². The zero-order valence-electron chi connectivity index (χ0n) is 18.0. The topological polar surface area (TPSA) is 216 Å². The number of aryl methyl sites for hydroxylation is 1. The number of aliphatic hydroxyl groups excluding tert-OH is 5. The van der Waals surface area contributed by atoms with Crippen molar-refractivity contribution < 1.29 is 54.1 Å². The molecule has 6 atom stereocenters. The van der Waals surface area contributed by atoms with E-state index in [0.717, 1.165) is 0 Å². The Kier molecular flexibility index (Phi) is 7.55. The van der Waals surface area contributed by atoms with Gasteiger partial charge >= 0.3 is 17.4 Å². The predicted molar refractivity (Wildman–Crippen MR) is 112 cm³/mol. The molecule has 1 unspecified atom stereocenters. The summed E-state index contributed by atoms with van der Waals surface area (Å²) in [6.07, 6.45) is -8.01. The molecular formula is C21H25NO12. The molecule has 13 nitrogen and oxygen atoms in total. The largest absolute Gasteiger partial charge is 0.476 e. The Bertz CT molecular complexity index is 1120. The number of amides is 1. The molecule has 186 valence electrons. The van der Waals surface area contributed by atoms with Crippen LogP contribution in [0.3, 0.4) is 0 Å². The van der Waals surface area contributed by atoms with Gasteiger partial charge in [0.2, 0.25) is 5.91 Å². The molecule has 1 amide bonds. The van der Waals surface area contributed by atoms with E-state index in [1.54, 1.807) is 6.92 Å². The number of carboxylic acids is 1. The second-order valence-corrected chi connectivity index (χ2v) is 7.91. The number of ether oxygens (including phenoxy) is 2. The summed E-state index contributed by atoms with van der Waals surface area (Å²) in [4.78, 5) is 35.6. The van der Waals surface area contributed by atoms with Crippen LogP contribution in [0.5, 0.6) is 5.75 Å². The van der Waals surface area contributed by atoms with Crippen molar-refractivity contribution in [3.63, 3.8) is 0 Å². The van der Waals surface area contributed by atoms with Crippen LogP contribution in [0.1, 0.15) is 12.0 Å². The van der Waals surface area contributed by atoms with Gasteiger partial charge in [-0.05, 0) is 24.6 Å². The van der Waals surface area contributed by atoms with Gasteiger partial charge < -0.3 is 49.8 Å². The van der Waals surface area contributed by atoms with Crippen molar-refractivity contribution >= 4 is 22.8 Å². The number of fused-ring (bicyclic) bond motifs is 1. The van der Waals surface area contributed by atoms with E-state index in [4.69, 9.17) is 19.0 Å². The van der Waals surface area contributed by atoms with Gasteiger partial charge in [0.05, 0.1) is 25.2 Å². The Hall–Kier alpha value is -3.07. The molecule has 7 N–H and O–H groups in total. The van der Waals surface area contributed by atoms with Crippen molar-refractivity contribution in [2.45, 2.75) is 49.6 Å². The summed E-state index contributed by atoms with van der Waals surface area (Å²) in [6, 6.07) is 3.95. The van der Waals surface area contributed by atoms with Crippen molar-refractivity contribution in [2.24, 2.45) is 0 Å². The van der Waals surface area contributed by atoms with Crippen LogP contribution in [-0.2, 0) is 14.3 Å². The summed E-state index contributed by atoms with van der Waals surface area (Å²) in [7, 11) is 0. The number of aliphatic hydroxyl groups is 5. The van der Waals surface area contributed by atoms with Gasteiger partial charge in [0.1, 0.15) is 36.3 Å². The first-order valence-corrected chi connectivity index (χ1v) is 10.2. The second-order valence-electron chi connectivity index (χ2n) is 7.91. The number of hydrogen-bond acceptors (Lipinski definition) is 11. The number of hydrogen-bond donors (Lipinski definition) is 7. The molecule has 0 bridgehead atoms. The number of carboxylic acid groups (broad SMARTS) is 1. The van der Waals surface area contributed by atoms with E-state index in [1.165, 1.54) is 24.3 Å². The summed E-state index contributed by atoms with van der Waals surface area (Å²) in [6.45, 7) is -0.239. The lowest BCUT2D eigenvalue weighted by molar-refractivity contribution is -0.284. The van der Waals surface area contributed by atoms with Crippen molar-refractivity contribution in [3.8, 4) is 5.75 Å². The number of carbonyl (C=O) groups excluding carboxylic acids is 1. The van der Waals surface area contributed by atoms with E-state index in [0.29, 0.717) is 10.9 Å². The van der Waals surface area contributed by atoms with E-state index in [9.17, 15) is 39.9 Å². The molecule has 0 saturated carbocycles. The molecule has 34 heavy (non-hydrogen) atoms. The maximum atomic E-state index is 12.2. The molecule has 2 heterocycles. The average Bonchev–Trinajstić information content (AvgIpc) is 2.78. The van der Waals surface area contributed by atoms with Crippen LogP contribution >= 0.6 is 0 Å². The Morgan fingerprint density at radius 2 is 1.97 bits per heavy atom. The minimum Gasteiger partial charge on any atom is -0.476 e. The molecule has 1 fully saturated rings. The van der Waals surface area contributed by atoms with Crippen molar-refractivity contribution in [1.29, 1.82) is 0 Å². The predicted octanol–water partition coefficient (Wildman–Crippen LogP) is -2.40. The molecule has 0 radical (unpaired) electrons. The average molecular weight is 483 g/mol. The summed E-state index contributed by atoms with van der Waals surface area (Å²) < 4.78 is 16.2. The molecule has 3 rings (SSSR count). The third kappa shape index (κ3) is 5.04. The van der Waals surface area contributed by atoms with E-state index < -0.39 is 73.4 Å². The van der Waals surface area contributed by atoms with Crippen molar-refractivity contribution in [1.82, 2.24) is 5.32 Å². The van der Waals surface area contributed by atoms with Crippen LogP contribution in [0, 0.1) is 6.92 Å². The highest BCUT2D eigenvalue weighted by Gasteiger charge is 2.56. The number of rotatable bonds is 8. The van der Waals surface area contributed by atoms with Crippen LogP contribution in [0.2, 0.25) is 0 Å². The normalized spacial score (nSPS) is 26.6. The lowest BCUT2D eigenvalue weighted by atomic mass is 9.88. The van der Waals surface area contributed by atoms with Crippen LogP contribution in [0.4, 0.5) is 0 Å². The van der Waals surface area contributed by atoms with E-state index in [1.807, 2.05) is 0 Å².